The molecular weight excluding hydrogens is 136 g/mol. The highest BCUT2D eigenvalue weighted by Crippen LogP contribution is 2.32. The van der Waals surface area contributed by atoms with Crippen LogP contribution in [0.2, 0.25) is 0 Å². The summed E-state index contributed by atoms with van der Waals surface area (Å²) in [6.45, 7) is 8.13. The van der Waals surface area contributed by atoms with Crippen LogP contribution in [-0.2, 0) is 4.74 Å². The number of hydrogen-bond donors (Lipinski definition) is 0. The Kier molecular flexibility index (Phi) is 3.13. The van der Waals surface area contributed by atoms with Crippen LogP contribution in [0.5, 0.6) is 0 Å². The van der Waals surface area contributed by atoms with Crippen LogP contribution in [0.4, 0.5) is 0 Å². The second-order valence-corrected chi connectivity index (χ2v) is 3.60. The highest BCUT2D eigenvalue weighted by atomic mass is 16.6. The maximum Gasteiger partial charge on any atom is 0.0864 e. The van der Waals surface area contributed by atoms with Crippen LogP contribution < -0.4 is 0 Å². The first kappa shape index (κ1) is 8.79. The molecule has 0 radical (unpaired) electrons. The molecule has 1 heterocycles. The standard InChI is InChI=1S/C10H18O/c1-4-5-6-7-9-10(11-9)8(2)3/h4,8-10H,1,5-7H2,2-3H3. The first-order valence-corrected chi connectivity index (χ1v) is 4.52. The molecule has 0 aromatic heterocycles. The van der Waals surface area contributed by atoms with Gasteiger partial charge in [0, 0.05) is 0 Å². The zero-order chi connectivity index (χ0) is 8.27. The van der Waals surface area contributed by atoms with Crippen molar-refractivity contribution in [2.75, 3.05) is 0 Å². The molecular formula is C10H18O. The molecule has 1 nitrogen and oxygen atoms in total. The van der Waals surface area contributed by atoms with E-state index >= 15 is 0 Å². The number of hydrogen-bond acceptors (Lipinski definition) is 1. The van der Waals surface area contributed by atoms with E-state index in [-0.39, 0.29) is 0 Å². The van der Waals surface area contributed by atoms with E-state index in [1.165, 1.54) is 12.8 Å². The van der Waals surface area contributed by atoms with Gasteiger partial charge >= 0.3 is 0 Å². The molecule has 0 bridgehead atoms. The van der Waals surface area contributed by atoms with Crippen LogP contribution in [0, 0.1) is 5.92 Å². The van der Waals surface area contributed by atoms with Crippen molar-refractivity contribution in [3.63, 3.8) is 0 Å². The summed E-state index contributed by atoms with van der Waals surface area (Å²) in [5.74, 6) is 0.698. The third-order valence-corrected chi connectivity index (χ3v) is 2.18. The molecule has 1 aliphatic heterocycles. The van der Waals surface area contributed by atoms with E-state index in [1.807, 2.05) is 6.08 Å². The molecule has 1 saturated heterocycles. The van der Waals surface area contributed by atoms with Gasteiger partial charge in [-0.25, -0.2) is 0 Å². The van der Waals surface area contributed by atoms with Crippen molar-refractivity contribution in [2.24, 2.45) is 5.92 Å². The van der Waals surface area contributed by atoms with E-state index in [0.717, 1.165) is 6.42 Å². The molecule has 1 fully saturated rings. The second-order valence-electron chi connectivity index (χ2n) is 3.60. The molecule has 0 aromatic rings. The topological polar surface area (TPSA) is 12.5 Å². The highest BCUT2D eigenvalue weighted by molar-refractivity contribution is 4.87. The minimum atomic E-state index is 0.555. The Morgan fingerprint density at radius 1 is 1.55 bits per heavy atom. The average molecular weight is 154 g/mol. The maximum atomic E-state index is 5.49. The van der Waals surface area contributed by atoms with Crippen molar-refractivity contribution in [3.8, 4) is 0 Å². The van der Waals surface area contributed by atoms with Gasteiger partial charge in [0.05, 0.1) is 12.2 Å². The first-order chi connectivity index (χ1) is 5.25. The normalized spacial score (nSPS) is 29.0. The summed E-state index contributed by atoms with van der Waals surface area (Å²) in [5.41, 5.74) is 0. The van der Waals surface area contributed by atoms with E-state index < -0.39 is 0 Å². The number of ether oxygens (including phenoxy) is 1. The Labute approximate surface area is 69.4 Å². The molecule has 1 aliphatic rings. The van der Waals surface area contributed by atoms with Gasteiger partial charge in [-0.2, -0.15) is 0 Å². The fourth-order valence-corrected chi connectivity index (χ4v) is 1.44. The second kappa shape index (κ2) is 3.91. The Balaban J connectivity index is 2.00. The summed E-state index contributed by atoms with van der Waals surface area (Å²) in [6.07, 6.45) is 6.68. The molecule has 2 unspecified atom stereocenters. The quantitative estimate of drug-likeness (QED) is 0.337. The smallest absolute Gasteiger partial charge is 0.0864 e. The van der Waals surface area contributed by atoms with E-state index in [1.54, 1.807) is 0 Å². The lowest BCUT2D eigenvalue weighted by Gasteiger charge is -1.96. The third kappa shape index (κ3) is 2.66. The average Bonchev–Trinajstić information content (AvgIpc) is 2.68. The molecule has 1 rings (SSSR count). The molecule has 11 heavy (non-hydrogen) atoms. The predicted octanol–water partition coefficient (Wildman–Crippen LogP) is 2.77. The number of epoxide rings is 1. The summed E-state index contributed by atoms with van der Waals surface area (Å²) in [7, 11) is 0. The minimum absolute atomic E-state index is 0.555. The van der Waals surface area contributed by atoms with Crippen molar-refractivity contribution in [3.05, 3.63) is 12.7 Å². The molecule has 0 aromatic carbocycles. The van der Waals surface area contributed by atoms with Gasteiger partial charge in [0.1, 0.15) is 0 Å². The predicted molar refractivity (Wildman–Crippen MR) is 47.5 cm³/mol. The van der Waals surface area contributed by atoms with Crippen LogP contribution in [0.3, 0.4) is 0 Å². The fourth-order valence-electron chi connectivity index (χ4n) is 1.44. The lowest BCUT2D eigenvalue weighted by molar-refractivity contribution is 0.329. The van der Waals surface area contributed by atoms with Gasteiger partial charge in [-0.1, -0.05) is 19.9 Å². The Bertz CT molecular complexity index is 129. The Morgan fingerprint density at radius 2 is 2.27 bits per heavy atom. The van der Waals surface area contributed by atoms with Gasteiger partial charge in [0.15, 0.2) is 0 Å². The third-order valence-electron chi connectivity index (χ3n) is 2.18. The van der Waals surface area contributed by atoms with Gasteiger partial charge in [0.2, 0.25) is 0 Å². The summed E-state index contributed by atoms with van der Waals surface area (Å²) in [4.78, 5) is 0. The van der Waals surface area contributed by atoms with Crippen LogP contribution in [0.25, 0.3) is 0 Å². The van der Waals surface area contributed by atoms with Crippen molar-refractivity contribution in [2.45, 2.75) is 45.3 Å². The highest BCUT2D eigenvalue weighted by Gasteiger charge is 2.39. The molecule has 2 atom stereocenters. The van der Waals surface area contributed by atoms with Gasteiger partial charge in [-0.05, 0) is 25.2 Å². The number of allylic oxidation sites excluding steroid dienone is 1. The summed E-state index contributed by atoms with van der Waals surface area (Å²) in [5, 5.41) is 0. The molecule has 1 heteroatoms. The van der Waals surface area contributed by atoms with Crippen LogP contribution in [0.1, 0.15) is 33.1 Å². The van der Waals surface area contributed by atoms with Crippen molar-refractivity contribution < 1.29 is 4.74 Å². The van der Waals surface area contributed by atoms with Gasteiger partial charge in [0.25, 0.3) is 0 Å². The van der Waals surface area contributed by atoms with E-state index in [2.05, 4.69) is 20.4 Å². The number of rotatable bonds is 5. The molecule has 0 amide bonds. The molecule has 0 N–H and O–H groups in total. The Hall–Kier alpha value is -0.300. The lowest BCUT2D eigenvalue weighted by Crippen LogP contribution is -2.01. The molecule has 0 aliphatic carbocycles. The van der Waals surface area contributed by atoms with Crippen LogP contribution in [-0.4, -0.2) is 12.2 Å². The molecule has 0 spiro atoms. The zero-order valence-electron chi connectivity index (χ0n) is 7.55. The maximum absolute atomic E-state index is 5.49. The van der Waals surface area contributed by atoms with Crippen LogP contribution in [0.15, 0.2) is 12.7 Å². The van der Waals surface area contributed by atoms with Crippen molar-refractivity contribution >= 4 is 0 Å². The first-order valence-electron chi connectivity index (χ1n) is 4.52. The number of unbranched alkanes of at least 4 members (excludes halogenated alkanes) is 1. The van der Waals surface area contributed by atoms with Crippen LogP contribution >= 0.6 is 0 Å². The van der Waals surface area contributed by atoms with Gasteiger partial charge in [-0.15, -0.1) is 6.58 Å². The largest absolute Gasteiger partial charge is 0.369 e. The van der Waals surface area contributed by atoms with Gasteiger partial charge < -0.3 is 4.74 Å². The van der Waals surface area contributed by atoms with E-state index in [0.29, 0.717) is 18.1 Å². The van der Waals surface area contributed by atoms with Gasteiger partial charge in [-0.3, -0.25) is 0 Å². The lowest BCUT2D eigenvalue weighted by atomic mass is 10.0. The Morgan fingerprint density at radius 3 is 2.73 bits per heavy atom. The van der Waals surface area contributed by atoms with E-state index in [4.69, 9.17) is 4.74 Å². The summed E-state index contributed by atoms with van der Waals surface area (Å²) >= 11 is 0. The SMILES string of the molecule is C=CCCCC1OC1C(C)C. The monoisotopic (exact) mass is 154 g/mol. The minimum Gasteiger partial charge on any atom is -0.369 e. The molecule has 0 saturated carbocycles. The van der Waals surface area contributed by atoms with Crippen molar-refractivity contribution in [1.29, 1.82) is 0 Å². The summed E-state index contributed by atoms with van der Waals surface area (Å²) in [6, 6.07) is 0. The zero-order valence-corrected chi connectivity index (χ0v) is 7.55. The van der Waals surface area contributed by atoms with E-state index in [9.17, 15) is 0 Å². The molecule has 64 valence electrons. The van der Waals surface area contributed by atoms with Crippen molar-refractivity contribution in [1.82, 2.24) is 0 Å². The summed E-state index contributed by atoms with van der Waals surface area (Å²) < 4.78 is 5.49. The fraction of sp³-hybridized carbons (Fsp3) is 0.800.